The van der Waals surface area contributed by atoms with E-state index in [2.05, 4.69) is 9.55 Å². The van der Waals surface area contributed by atoms with Crippen molar-refractivity contribution in [3.63, 3.8) is 0 Å². The zero-order valence-electron chi connectivity index (χ0n) is 14.0. The minimum atomic E-state index is -0.591. The van der Waals surface area contributed by atoms with Crippen LogP contribution in [0.3, 0.4) is 0 Å². The van der Waals surface area contributed by atoms with Crippen LogP contribution in [0.25, 0.3) is 16.9 Å². The molecule has 3 aromatic rings. The molecule has 8 heteroatoms. The first kappa shape index (κ1) is 16.3. The van der Waals surface area contributed by atoms with Gasteiger partial charge in [0.25, 0.3) is 0 Å². The van der Waals surface area contributed by atoms with Crippen LogP contribution in [0.15, 0.2) is 41.8 Å². The fourth-order valence-corrected chi connectivity index (χ4v) is 3.93. The fraction of sp³-hybridized carbons (Fsp3) is 0.167. The summed E-state index contributed by atoms with van der Waals surface area (Å²) in [5, 5.41) is 10.3. The second-order valence-corrected chi connectivity index (χ2v) is 6.84. The number of imidazole rings is 1. The number of esters is 1. The largest absolute Gasteiger partial charge is 0.464 e. The number of thioether (sulfide) groups is 1. The Bertz CT molecular complexity index is 1040. The molecule has 1 aromatic carbocycles. The molecule has 0 radical (unpaired) electrons. The first-order chi connectivity index (χ1) is 12.6. The molecule has 2 N–H and O–H groups in total. The predicted molar refractivity (Wildman–Crippen MR) is 98.2 cm³/mol. The summed E-state index contributed by atoms with van der Waals surface area (Å²) in [5.74, 6) is 0.455. The molecule has 0 bridgehead atoms. The van der Waals surface area contributed by atoms with Crippen molar-refractivity contribution in [1.29, 1.82) is 5.26 Å². The lowest BCUT2D eigenvalue weighted by Crippen LogP contribution is -2.11. The first-order valence-corrected chi connectivity index (χ1v) is 8.91. The zero-order chi connectivity index (χ0) is 18.3. The van der Waals surface area contributed by atoms with Gasteiger partial charge >= 0.3 is 5.97 Å². The van der Waals surface area contributed by atoms with Crippen LogP contribution < -0.4 is 5.73 Å². The number of aromatic nitrogens is 3. The lowest BCUT2D eigenvalue weighted by molar-refractivity contribution is 0.0593. The maximum Gasteiger partial charge on any atom is 0.357 e. The lowest BCUT2D eigenvalue weighted by atomic mass is 10.1. The fourth-order valence-electron chi connectivity index (χ4n) is 2.98. The second-order valence-electron chi connectivity index (χ2n) is 5.78. The number of aryl methyl sites for hydroxylation is 1. The summed E-state index contributed by atoms with van der Waals surface area (Å²) in [4.78, 5) is 16.8. The van der Waals surface area contributed by atoms with Gasteiger partial charge in [-0.25, -0.2) is 9.78 Å². The van der Waals surface area contributed by atoms with Crippen LogP contribution >= 0.6 is 11.8 Å². The number of nitrogen functional groups attached to an aromatic ring is 1. The Balaban J connectivity index is 1.82. The summed E-state index contributed by atoms with van der Waals surface area (Å²) in [5.41, 5.74) is 8.95. The number of rotatable bonds is 3. The van der Waals surface area contributed by atoms with Crippen LogP contribution in [0.1, 0.15) is 16.1 Å². The number of benzene rings is 1. The van der Waals surface area contributed by atoms with Crippen molar-refractivity contribution in [1.82, 2.24) is 14.1 Å². The highest BCUT2D eigenvalue weighted by Crippen LogP contribution is 2.31. The number of carbonyl (C=O) groups excluding carboxylic acids is 1. The summed E-state index contributed by atoms with van der Waals surface area (Å²) in [6.45, 7) is 0.957. The van der Waals surface area contributed by atoms with Gasteiger partial charge in [-0.3, -0.25) is 0 Å². The third kappa shape index (κ3) is 2.53. The molecule has 4 rings (SSSR count). The van der Waals surface area contributed by atoms with E-state index in [9.17, 15) is 10.1 Å². The van der Waals surface area contributed by atoms with Gasteiger partial charge in [-0.1, -0.05) is 23.9 Å². The van der Waals surface area contributed by atoms with Gasteiger partial charge in [-0.05, 0) is 12.1 Å². The number of ether oxygens (including phenoxy) is 1. The summed E-state index contributed by atoms with van der Waals surface area (Å²) in [7, 11) is 1.28. The summed E-state index contributed by atoms with van der Waals surface area (Å²) >= 11 is 1.73. The summed E-state index contributed by atoms with van der Waals surface area (Å²) in [6.07, 6.45) is 3.57. The van der Waals surface area contributed by atoms with E-state index in [1.807, 2.05) is 36.5 Å². The van der Waals surface area contributed by atoms with Gasteiger partial charge in [0, 0.05) is 35.9 Å². The van der Waals surface area contributed by atoms with E-state index in [0.717, 1.165) is 28.7 Å². The van der Waals surface area contributed by atoms with Gasteiger partial charge in [0.1, 0.15) is 6.07 Å². The average Bonchev–Trinajstić information content (AvgIpc) is 3.34. The SMILES string of the molecule is COC(=O)c1c(N)c(C#N)cn1-c1cccc(-c2cn3c(n2)SCC3)c1. The normalized spacial score (nSPS) is 12.6. The summed E-state index contributed by atoms with van der Waals surface area (Å²) < 4.78 is 8.54. The Kier molecular flexibility index (Phi) is 3.93. The van der Waals surface area contributed by atoms with Crippen LogP contribution in [-0.2, 0) is 11.3 Å². The molecule has 0 spiro atoms. The lowest BCUT2D eigenvalue weighted by Gasteiger charge is -2.09. The van der Waals surface area contributed by atoms with Gasteiger partial charge in [-0.2, -0.15) is 5.26 Å². The van der Waals surface area contributed by atoms with Crippen molar-refractivity contribution < 1.29 is 9.53 Å². The number of anilines is 1. The zero-order valence-corrected chi connectivity index (χ0v) is 14.8. The number of nitriles is 1. The van der Waals surface area contributed by atoms with Crippen molar-refractivity contribution in [2.45, 2.75) is 11.7 Å². The highest BCUT2D eigenvalue weighted by molar-refractivity contribution is 7.99. The van der Waals surface area contributed by atoms with E-state index >= 15 is 0 Å². The number of hydrogen-bond donors (Lipinski definition) is 1. The van der Waals surface area contributed by atoms with Gasteiger partial charge in [0.2, 0.25) is 0 Å². The van der Waals surface area contributed by atoms with Gasteiger partial charge < -0.3 is 19.6 Å². The maximum atomic E-state index is 12.2. The third-order valence-corrected chi connectivity index (χ3v) is 5.24. The molecule has 130 valence electrons. The number of hydrogen-bond acceptors (Lipinski definition) is 6. The van der Waals surface area contributed by atoms with Gasteiger partial charge in [-0.15, -0.1) is 0 Å². The molecule has 7 nitrogen and oxygen atoms in total. The third-order valence-electron chi connectivity index (χ3n) is 4.27. The molecule has 0 aliphatic carbocycles. The Morgan fingerprint density at radius 1 is 1.42 bits per heavy atom. The molecule has 0 fully saturated rings. The van der Waals surface area contributed by atoms with E-state index in [0.29, 0.717) is 5.69 Å². The van der Waals surface area contributed by atoms with Gasteiger partial charge in [0.15, 0.2) is 10.9 Å². The maximum absolute atomic E-state index is 12.2. The van der Waals surface area contributed by atoms with Crippen molar-refractivity contribution in [3.8, 4) is 23.0 Å². The van der Waals surface area contributed by atoms with Crippen molar-refractivity contribution >= 4 is 23.4 Å². The summed E-state index contributed by atoms with van der Waals surface area (Å²) in [6, 6.07) is 9.60. The Labute approximate surface area is 154 Å². The van der Waals surface area contributed by atoms with Gasteiger partial charge in [0.05, 0.1) is 24.1 Å². The van der Waals surface area contributed by atoms with E-state index in [1.165, 1.54) is 7.11 Å². The topological polar surface area (TPSA) is 98.9 Å². The Morgan fingerprint density at radius 3 is 3.00 bits per heavy atom. The van der Waals surface area contributed by atoms with E-state index in [4.69, 9.17) is 10.5 Å². The number of nitrogens with two attached hydrogens (primary N) is 1. The monoisotopic (exact) mass is 365 g/mol. The van der Waals surface area contributed by atoms with Crippen LogP contribution in [0.2, 0.25) is 0 Å². The molecular formula is C18H15N5O2S. The van der Waals surface area contributed by atoms with Crippen LogP contribution in [0.5, 0.6) is 0 Å². The molecule has 0 amide bonds. The Morgan fingerprint density at radius 2 is 2.27 bits per heavy atom. The van der Waals surface area contributed by atoms with E-state index in [1.54, 1.807) is 22.5 Å². The van der Waals surface area contributed by atoms with Crippen LogP contribution in [0, 0.1) is 11.3 Å². The molecule has 2 aromatic heterocycles. The number of fused-ring (bicyclic) bond motifs is 1. The highest BCUT2D eigenvalue weighted by atomic mass is 32.2. The predicted octanol–water partition coefficient (Wildman–Crippen LogP) is 2.69. The standard InChI is InChI=1S/C18H15N5O2S/c1-25-17(24)16-15(20)12(8-19)9-23(16)13-4-2-3-11(7-13)14-10-22-5-6-26-18(22)21-14/h2-4,7,9-10H,5-6,20H2,1H3. The molecule has 1 aliphatic heterocycles. The molecule has 1 aliphatic rings. The molecule has 3 heterocycles. The molecular weight excluding hydrogens is 350 g/mol. The van der Waals surface area contributed by atoms with Crippen molar-refractivity contribution in [2.24, 2.45) is 0 Å². The highest BCUT2D eigenvalue weighted by Gasteiger charge is 2.22. The molecule has 0 unspecified atom stereocenters. The minimum absolute atomic E-state index is 0.113. The van der Waals surface area contributed by atoms with E-state index < -0.39 is 5.97 Å². The van der Waals surface area contributed by atoms with E-state index in [-0.39, 0.29) is 16.9 Å². The molecule has 0 saturated carbocycles. The second kappa shape index (κ2) is 6.28. The first-order valence-electron chi connectivity index (χ1n) is 7.92. The van der Waals surface area contributed by atoms with Crippen molar-refractivity contribution in [2.75, 3.05) is 18.6 Å². The van der Waals surface area contributed by atoms with Crippen LogP contribution in [0.4, 0.5) is 5.69 Å². The number of methoxy groups -OCH3 is 1. The quantitative estimate of drug-likeness (QED) is 0.717. The minimum Gasteiger partial charge on any atom is -0.464 e. The molecule has 0 saturated heterocycles. The Hall–Kier alpha value is -3.18. The molecule has 0 atom stereocenters. The number of nitrogens with zero attached hydrogens (tertiary/aromatic N) is 4. The van der Waals surface area contributed by atoms with Crippen LogP contribution in [-0.4, -0.2) is 33.0 Å². The number of carbonyl (C=O) groups is 1. The molecule has 26 heavy (non-hydrogen) atoms. The smallest absolute Gasteiger partial charge is 0.357 e. The van der Waals surface area contributed by atoms with Crippen molar-refractivity contribution in [3.05, 3.63) is 47.9 Å². The average molecular weight is 365 g/mol.